The number of pyridine rings is 1. The lowest BCUT2D eigenvalue weighted by Gasteiger charge is -2.29. The quantitative estimate of drug-likeness (QED) is 0.767. The molecule has 2 heterocycles. The molecule has 4 rings (SSSR count). The highest BCUT2D eigenvalue weighted by Gasteiger charge is 2.34. The SMILES string of the molecule is C[C@]1(N)CCN(c2c(C(=O)N[C@@H]3CCCC[C@H]3F)cncc2-c2cc(F)cc(F)c2)C1. The highest BCUT2D eigenvalue weighted by atomic mass is 19.1. The number of alkyl halides is 1. The van der Waals surface area contributed by atoms with Crippen LogP contribution in [0.3, 0.4) is 0 Å². The van der Waals surface area contributed by atoms with E-state index in [-0.39, 0.29) is 11.1 Å². The van der Waals surface area contributed by atoms with E-state index in [0.717, 1.165) is 18.9 Å². The molecule has 1 saturated heterocycles. The second-order valence-electron chi connectivity index (χ2n) is 8.95. The monoisotopic (exact) mass is 432 g/mol. The van der Waals surface area contributed by atoms with Gasteiger partial charge in [-0.3, -0.25) is 9.78 Å². The van der Waals surface area contributed by atoms with Crippen LogP contribution in [0.4, 0.5) is 18.9 Å². The minimum atomic E-state index is -1.09. The van der Waals surface area contributed by atoms with Gasteiger partial charge in [0.05, 0.1) is 17.3 Å². The van der Waals surface area contributed by atoms with Crippen LogP contribution in [-0.4, -0.2) is 41.7 Å². The molecule has 8 heteroatoms. The Bertz CT molecular complexity index is 961. The van der Waals surface area contributed by atoms with Gasteiger partial charge in [0.15, 0.2) is 0 Å². The Kier molecular flexibility index (Phi) is 5.92. The smallest absolute Gasteiger partial charge is 0.255 e. The number of anilines is 1. The van der Waals surface area contributed by atoms with Crippen molar-refractivity contribution in [3.05, 3.63) is 47.8 Å². The summed E-state index contributed by atoms with van der Waals surface area (Å²) in [6, 6.07) is 2.66. The normalized spacial score (nSPS) is 26.2. The first-order valence-corrected chi connectivity index (χ1v) is 10.7. The van der Waals surface area contributed by atoms with Crippen molar-refractivity contribution in [2.24, 2.45) is 5.73 Å². The van der Waals surface area contributed by atoms with E-state index in [0.29, 0.717) is 43.6 Å². The Labute approximate surface area is 179 Å². The van der Waals surface area contributed by atoms with Crippen molar-refractivity contribution in [2.45, 2.75) is 56.8 Å². The van der Waals surface area contributed by atoms with E-state index in [1.807, 2.05) is 11.8 Å². The molecule has 1 aromatic heterocycles. The zero-order chi connectivity index (χ0) is 22.2. The van der Waals surface area contributed by atoms with E-state index in [9.17, 15) is 18.0 Å². The molecule has 166 valence electrons. The fourth-order valence-corrected chi connectivity index (χ4v) is 4.55. The van der Waals surface area contributed by atoms with Gasteiger partial charge < -0.3 is 16.0 Å². The Morgan fingerprint density at radius 1 is 1.19 bits per heavy atom. The molecule has 0 spiro atoms. The first kappa shape index (κ1) is 21.6. The van der Waals surface area contributed by atoms with Crippen LogP contribution >= 0.6 is 0 Å². The average molecular weight is 432 g/mol. The number of nitrogens with one attached hydrogen (secondary N) is 1. The first-order valence-electron chi connectivity index (χ1n) is 10.7. The Hall–Kier alpha value is -2.61. The number of hydrogen-bond donors (Lipinski definition) is 2. The zero-order valence-electron chi connectivity index (χ0n) is 17.5. The minimum absolute atomic E-state index is 0.248. The van der Waals surface area contributed by atoms with Crippen LogP contribution in [0.25, 0.3) is 11.1 Å². The molecule has 2 fully saturated rings. The number of carbonyl (C=O) groups is 1. The van der Waals surface area contributed by atoms with Crippen molar-refractivity contribution < 1.29 is 18.0 Å². The molecule has 5 nitrogen and oxygen atoms in total. The van der Waals surface area contributed by atoms with Crippen LogP contribution in [0.5, 0.6) is 0 Å². The van der Waals surface area contributed by atoms with Crippen molar-refractivity contribution in [1.29, 1.82) is 0 Å². The van der Waals surface area contributed by atoms with E-state index in [1.54, 1.807) is 0 Å². The van der Waals surface area contributed by atoms with Crippen molar-refractivity contribution in [1.82, 2.24) is 10.3 Å². The lowest BCUT2D eigenvalue weighted by molar-refractivity contribution is 0.0884. The number of nitrogens with zero attached hydrogens (tertiary/aromatic N) is 2. The maximum absolute atomic E-state index is 14.3. The van der Waals surface area contributed by atoms with Crippen LogP contribution in [0, 0.1) is 11.6 Å². The number of halogens is 3. The summed E-state index contributed by atoms with van der Waals surface area (Å²) >= 11 is 0. The molecule has 31 heavy (non-hydrogen) atoms. The van der Waals surface area contributed by atoms with E-state index in [1.165, 1.54) is 24.5 Å². The highest BCUT2D eigenvalue weighted by Crippen LogP contribution is 2.37. The number of aromatic nitrogens is 1. The number of nitrogens with two attached hydrogens (primary N) is 1. The number of carbonyl (C=O) groups excluding carboxylic acids is 1. The van der Waals surface area contributed by atoms with Crippen LogP contribution in [0.15, 0.2) is 30.6 Å². The third-order valence-electron chi connectivity index (χ3n) is 6.15. The van der Waals surface area contributed by atoms with E-state index in [2.05, 4.69) is 10.3 Å². The van der Waals surface area contributed by atoms with Crippen molar-refractivity contribution in [2.75, 3.05) is 18.0 Å². The molecule has 1 aromatic carbocycles. The summed E-state index contributed by atoms with van der Waals surface area (Å²) in [5.74, 6) is -1.88. The number of hydrogen-bond acceptors (Lipinski definition) is 4. The van der Waals surface area contributed by atoms with E-state index in [4.69, 9.17) is 5.73 Å². The average Bonchev–Trinajstić information content (AvgIpc) is 3.08. The summed E-state index contributed by atoms with van der Waals surface area (Å²) in [4.78, 5) is 19.3. The third-order valence-corrected chi connectivity index (χ3v) is 6.15. The van der Waals surface area contributed by atoms with Gasteiger partial charge in [-0.1, -0.05) is 12.8 Å². The van der Waals surface area contributed by atoms with Gasteiger partial charge >= 0.3 is 0 Å². The molecule has 3 atom stereocenters. The summed E-state index contributed by atoms with van der Waals surface area (Å²) in [5.41, 5.74) is 7.32. The van der Waals surface area contributed by atoms with Gasteiger partial charge in [-0.15, -0.1) is 0 Å². The first-order chi connectivity index (χ1) is 14.7. The van der Waals surface area contributed by atoms with Gasteiger partial charge in [-0.25, -0.2) is 13.2 Å². The maximum Gasteiger partial charge on any atom is 0.255 e. The fraction of sp³-hybridized carbons (Fsp3) is 0.478. The molecular weight excluding hydrogens is 405 g/mol. The third kappa shape index (κ3) is 4.69. The lowest BCUT2D eigenvalue weighted by atomic mass is 9.93. The highest BCUT2D eigenvalue weighted by molar-refractivity contribution is 6.03. The van der Waals surface area contributed by atoms with Gasteiger partial charge in [0, 0.05) is 42.7 Å². The number of benzene rings is 1. The summed E-state index contributed by atoms with van der Waals surface area (Å²) in [6.45, 7) is 2.97. The predicted octanol–water partition coefficient (Wildman–Crippen LogP) is 3.96. The Balaban J connectivity index is 1.76. The molecule has 0 unspecified atom stereocenters. The summed E-state index contributed by atoms with van der Waals surface area (Å²) < 4.78 is 42.2. The van der Waals surface area contributed by atoms with Gasteiger partial charge in [0.1, 0.15) is 17.8 Å². The summed E-state index contributed by atoms with van der Waals surface area (Å²) in [5, 5.41) is 2.81. The molecule has 1 aliphatic carbocycles. The van der Waals surface area contributed by atoms with Crippen molar-refractivity contribution in [3.63, 3.8) is 0 Å². The van der Waals surface area contributed by atoms with E-state index >= 15 is 0 Å². The molecule has 1 aliphatic heterocycles. The van der Waals surface area contributed by atoms with Crippen LogP contribution in [-0.2, 0) is 0 Å². The lowest BCUT2D eigenvalue weighted by Crippen LogP contribution is -2.44. The molecular formula is C23H27F3N4O. The molecule has 0 bridgehead atoms. The van der Waals surface area contributed by atoms with Gasteiger partial charge in [0.25, 0.3) is 5.91 Å². The van der Waals surface area contributed by atoms with Crippen LogP contribution < -0.4 is 16.0 Å². The fourth-order valence-electron chi connectivity index (χ4n) is 4.55. The van der Waals surface area contributed by atoms with Crippen molar-refractivity contribution in [3.8, 4) is 11.1 Å². The Morgan fingerprint density at radius 2 is 1.90 bits per heavy atom. The second-order valence-corrected chi connectivity index (χ2v) is 8.95. The molecule has 2 aliphatic rings. The second kappa shape index (κ2) is 8.49. The number of rotatable bonds is 4. The predicted molar refractivity (Wildman–Crippen MR) is 114 cm³/mol. The zero-order valence-corrected chi connectivity index (χ0v) is 17.5. The van der Waals surface area contributed by atoms with Crippen LogP contribution in [0.2, 0.25) is 0 Å². The largest absolute Gasteiger partial charge is 0.368 e. The maximum atomic E-state index is 14.3. The van der Waals surface area contributed by atoms with E-state index < -0.39 is 35.3 Å². The Morgan fingerprint density at radius 3 is 2.55 bits per heavy atom. The molecule has 1 saturated carbocycles. The summed E-state index contributed by atoms with van der Waals surface area (Å²) in [7, 11) is 0. The van der Waals surface area contributed by atoms with Gasteiger partial charge in [-0.2, -0.15) is 0 Å². The molecule has 1 amide bonds. The molecule has 2 aromatic rings. The molecule has 0 radical (unpaired) electrons. The van der Waals surface area contributed by atoms with Crippen LogP contribution in [0.1, 0.15) is 49.4 Å². The number of amides is 1. The minimum Gasteiger partial charge on any atom is -0.368 e. The topological polar surface area (TPSA) is 71.2 Å². The standard InChI is InChI=1S/C23H27F3N4O/c1-23(27)6-7-30(13-23)21-17(14-8-15(24)10-16(25)9-14)11-28-12-18(21)22(31)29-20-5-3-2-4-19(20)26/h8-12,19-20H,2-7,13,27H2,1H3,(H,29,31)/t19-,20-,23+/m1/s1. The van der Waals surface area contributed by atoms with Gasteiger partial charge in [-0.05, 0) is 43.9 Å². The summed E-state index contributed by atoms with van der Waals surface area (Å²) in [6.07, 6.45) is 5.19. The van der Waals surface area contributed by atoms with Crippen molar-refractivity contribution >= 4 is 11.6 Å². The van der Waals surface area contributed by atoms with Gasteiger partial charge in [0.2, 0.25) is 0 Å². The molecule has 3 N–H and O–H groups in total.